The van der Waals surface area contributed by atoms with Gasteiger partial charge in [-0.2, -0.15) is 5.26 Å². The Bertz CT molecular complexity index is 3130. The number of rotatable bonds is 6. The molecule has 9 rings (SSSR count). The molecule has 0 atom stereocenters. The number of pyridine rings is 2. The van der Waals surface area contributed by atoms with Gasteiger partial charge in [0.15, 0.2) is 0 Å². The van der Waals surface area contributed by atoms with Crippen LogP contribution in [0.25, 0.3) is 77.8 Å². The number of nitrogens with zero attached hydrogens (tertiary/aromatic N) is 3. The van der Waals surface area contributed by atoms with Crippen molar-refractivity contribution in [2.75, 3.05) is 0 Å². The normalized spacial score (nSPS) is 11.7. The van der Waals surface area contributed by atoms with E-state index in [0.29, 0.717) is 5.56 Å². The Morgan fingerprint density at radius 1 is 0.615 bits per heavy atom. The van der Waals surface area contributed by atoms with Gasteiger partial charge in [-0.3, -0.25) is 4.39 Å². The van der Waals surface area contributed by atoms with Gasteiger partial charge in [0.25, 0.3) is 0 Å². The molecule has 0 aliphatic rings. The van der Waals surface area contributed by atoms with Gasteiger partial charge in [0, 0.05) is 57.3 Å². The van der Waals surface area contributed by atoms with E-state index in [1.54, 1.807) is 6.07 Å². The molecule has 1 radical (unpaired) electrons. The van der Waals surface area contributed by atoms with Gasteiger partial charge in [0.1, 0.15) is 5.58 Å². The molecule has 3 aromatic heterocycles. The summed E-state index contributed by atoms with van der Waals surface area (Å²) in [5.41, 5.74) is 14.3. The Balaban J connectivity index is 0.000000295. The molecule has 327 valence electrons. The first-order valence-corrected chi connectivity index (χ1v) is 25.2. The van der Waals surface area contributed by atoms with Crippen LogP contribution in [0.2, 0.25) is 19.6 Å². The fraction of sp³-hybridized carbons (Fsp3) is 0.190. The molecule has 0 spiro atoms. The number of nitriles is 1. The molecular formula is C58H52FIrN3OSi-2. The molecule has 0 bridgehead atoms. The zero-order chi connectivity index (χ0) is 45.4. The quantitative estimate of drug-likeness (QED) is 0.123. The molecule has 0 aliphatic carbocycles. The van der Waals surface area contributed by atoms with E-state index in [0.717, 1.165) is 77.8 Å². The summed E-state index contributed by atoms with van der Waals surface area (Å²) < 4.78 is 19.7. The van der Waals surface area contributed by atoms with Crippen LogP contribution >= 0.6 is 0 Å². The minimum Gasteiger partial charge on any atom is -0.500 e. The topological polar surface area (TPSA) is 62.7 Å². The molecule has 0 saturated carbocycles. The number of aromatic nitrogens is 2. The van der Waals surface area contributed by atoms with Gasteiger partial charge in [-0.1, -0.05) is 175 Å². The molecule has 0 saturated heterocycles. The summed E-state index contributed by atoms with van der Waals surface area (Å²) in [5, 5.41) is 13.7. The van der Waals surface area contributed by atoms with Gasteiger partial charge in [0.05, 0.1) is 17.2 Å². The number of benzene rings is 6. The first-order valence-electron chi connectivity index (χ1n) is 21.7. The number of hydrogen-bond donors (Lipinski definition) is 0. The average Bonchev–Trinajstić information content (AvgIpc) is 3.68. The summed E-state index contributed by atoms with van der Waals surface area (Å²) in [6.07, 6.45) is 3.73. The summed E-state index contributed by atoms with van der Waals surface area (Å²) in [6, 6.07) is 55.2. The maximum Gasteiger partial charge on any atom is 0.130 e. The molecule has 65 heavy (non-hydrogen) atoms. The zero-order valence-corrected chi connectivity index (χ0v) is 41.8. The standard InChI is InChI=1S/C43H37N2OSi.C15H15FN.Ir/c1-43(2,3)34-19-16-30(17-20-34)32-24-25-45-37(26-32)35-22-23-38(47(4,5)6)40-36-21-18-33(27-44)39(42(36)46-41(35)40)31-14-12-29(13-15-31)28-10-8-7-9-11-28;1-15(2,3)12-6-9-14(17-10-12)11-4-7-13(16)8-5-11;/h7-21,23-26H,1-6H3;4,6-10H,1-3H3;/q2*-1;. The van der Waals surface area contributed by atoms with Crippen molar-refractivity contribution in [3.63, 3.8) is 0 Å². The third kappa shape index (κ3) is 10.0. The average molecular weight is 1050 g/mol. The van der Waals surface area contributed by atoms with Gasteiger partial charge >= 0.3 is 0 Å². The first kappa shape index (κ1) is 46.7. The number of halogens is 1. The smallest absolute Gasteiger partial charge is 0.130 e. The molecular weight excluding hydrogens is 994 g/mol. The second-order valence-electron chi connectivity index (χ2n) is 19.4. The Hall–Kier alpha value is -6.29. The number of fused-ring (bicyclic) bond motifs is 3. The molecule has 0 fully saturated rings. The molecule has 7 heteroatoms. The van der Waals surface area contributed by atoms with Crippen molar-refractivity contribution >= 4 is 35.2 Å². The van der Waals surface area contributed by atoms with E-state index in [4.69, 9.17) is 9.40 Å². The van der Waals surface area contributed by atoms with Crippen molar-refractivity contribution in [3.8, 4) is 62.0 Å². The molecule has 4 nitrogen and oxygen atoms in total. The van der Waals surface area contributed by atoms with Crippen LogP contribution in [-0.4, -0.2) is 18.0 Å². The maximum atomic E-state index is 12.8. The first-order chi connectivity index (χ1) is 30.5. The molecule has 0 unspecified atom stereocenters. The van der Waals surface area contributed by atoms with Crippen LogP contribution in [0.15, 0.2) is 156 Å². The monoisotopic (exact) mass is 1050 g/mol. The third-order valence-corrected chi connectivity index (χ3v) is 13.7. The molecule has 6 aromatic carbocycles. The van der Waals surface area contributed by atoms with Gasteiger partial charge < -0.3 is 14.4 Å². The van der Waals surface area contributed by atoms with E-state index in [9.17, 15) is 9.65 Å². The summed E-state index contributed by atoms with van der Waals surface area (Å²) in [6.45, 7) is 20.2. The minimum atomic E-state index is -1.83. The van der Waals surface area contributed by atoms with Gasteiger partial charge in [0.2, 0.25) is 0 Å². The van der Waals surface area contributed by atoms with E-state index in [-0.39, 0.29) is 36.8 Å². The molecule has 0 N–H and O–H groups in total. The molecule has 0 amide bonds. The van der Waals surface area contributed by atoms with Gasteiger partial charge in [-0.05, 0) is 73.3 Å². The second kappa shape index (κ2) is 18.7. The summed E-state index contributed by atoms with van der Waals surface area (Å²) in [4.78, 5) is 9.22. The van der Waals surface area contributed by atoms with Gasteiger partial charge in [-0.25, -0.2) is 0 Å². The molecule has 0 aliphatic heterocycles. The van der Waals surface area contributed by atoms with Crippen LogP contribution in [0.1, 0.15) is 58.2 Å². The van der Waals surface area contributed by atoms with E-state index in [2.05, 4.69) is 175 Å². The van der Waals surface area contributed by atoms with Crippen LogP contribution in [0.4, 0.5) is 4.39 Å². The summed E-state index contributed by atoms with van der Waals surface area (Å²) in [5.74, 6) is -0.278. The molecule has 9 aromatic rings. The Labute approximate surface area is 397 Å². The van der Waals surface area contributed by atoms with Gasteiger partial charge in [-0.15, -0.1) is 47.1 Å². The summed E-state index contributed by atoms with van der Waals surface area (Å²) >= 11 is 0. The fourth-order valence-corrected chi connectivity index (χ4v) is 9.48. The Morgan fingerprint density at radius 2 is 1.25 bits per heavy atom. The summed E-state index contributed by atoms with van der Waals surface area (Å²) in [7, 11) is -1.83. The SMILES string of the molecule is CC(C)(C)c1ccc(-c2[c-]cc(F)cc2)nc1.CC(C)(C)c1ccc(-c2ccnc(-c3[c-]cc([Si](C)(C)C)c4c3oc3c(-c5ccc(-c6ccccc6)cc5)c(C#N)ccc34)c2)cc1.[Ir]. The van der Waals surface area contributed by atoms with Crippen molar-refractivity contribution in [2.45, 2.75) is 72.0 Å². The van der Waals surface area contributed by atoms with Crippen LogP contribution in [0.5, 0.6) is 0 Å². The number of furan rings is 1. The van der Waals surface area contributed by atoms with Crippen LogP contribution < -0.4 is 5.19 Å². The van der Waals surface area contributed by atoms with E-state index >= 15 is 0 Å². The predicted molar refractivity (Wildman–Crippen MR) is 266 cm³/mol. The second-order valence-corrected chi connectivity index (χ2v) is 24.5. The van der Waals surface area contributed by atoms with E-state index in [1.807, 2.05) is 42.7 Å². The number of hydrogen-bond acceptors (Lipinski definition) is 4. The van der Waals surface area contributed by atoms with Crippen molar-refractivity contribution in [2.24, 2.45) is 0 Å². The maximum absolute atomic E-state index is 12.8. The van der Waals surface area contributed by atoms with E-state index in [1.165, 1.54) is 28.4 Å². The third-order valence-electron chi connectivity index (χ3n) is 11.7. The largest absolute Gasteiger partial charge is 0.500 e. The minimum absolute atomic E-state index is 0. The zero-order valence-electron chi connectivity index (χ0n) is 38.4. The Morgan fingerprint density at radius 3 is 1.85 bits per heavy atom. The molecule has 3 heterocycles. The van der Waals surface area contributed by atoms with E-state index < -0.39 is 8.07 Å². The van der Waals surface area contributed by atoms with Crippen molar-refractivity contribution in [1.29, 1.82) is 5.26 Å². The van der Waals surface area contributed by atoms with Crippen molar-refractivity contribution in [1.82, 2.24) is 9.97 Å². The van der Waals surface area contributed by atoms with Crippen LogP contribution in [0.3, 0.4) is 0 Å². The van der Waals surface area contributed by atoms with Crippen LogP contribution in [-0.2, 0) is 30.9 Å². The fourth-order valence-electron chi connectivity index (χ4n) is 7.98. The predicted octanol–water partition coefficient (Wildman–Crippen LogP) is 15.1. The van der Waals surface area contributed by atoms with Crippen molar-refractivity contribution in [3.05, 3.63) is 187 Å². The van der Waals surface area contributed by atoms with Crippen LogP contribution in [0, 0.1) is 29.3 Å². The Kier molecular flexibility index (Phi) is 13.4. The van der Waals surface area contributed by atoms with Crippen molar-refractivity contribution < 1.29 is 28.9 Å².